The van der Waals surface area contributed by atoms with E-state index in [1.807, 2.05) is 18.1 Å². The monoisotopic (exact) mass is 478 g/mol. The molecule has 1 aromatic rings. The molecule has 32 heavy (non-hydrogen) atoms. The summed E-state index contributed by atoms with van der Waals surface area (Å²) in [6.45, 7) is 2.25. The van der Waals surface area contributed by atoms with Crippen LogP contribution in [0.25, 0.3) is 0 Å². The number of aliphatic imine (C=N–C) groups is 1. The summed E-state index contributed by atoms with van der Waals surface area (Å²) in [5, 5.41) is 3.91. The predicted octanol–water partition coefficient (Wildman–Crippen LogP) is 4.06. The maximum absolute atomic E-state index is 13.4. The Hall–Kier alpha value is -2.37. The first-order valence-electron chi connectivity index (χ1n) is 9.88. The number of alkyl halides is 6. The van der Waals surface area contributed by atoms with Crippen LogP contribution < -0.4 is 5.32 Å². The van der Waals surface area contributed by atoms with Crippen molar-refractivity contribution >= 4 is 22.8 Å². The first-order chi connectivity index (χ1) is 14.9. The Morgan fingerprint density at radius 1 is 1.12 bits per heavy atom. The second-order valence-corrected chi connectivity index (χ2v) is 8.65. The summed E-state index contributed by atoms with van der Waals surface area (Å²) in [6.07, 6.45) is -7.53. The molecule has 0 saturated carbocycles. The lowest BCUT2D eigenvalue weighted by atomic mass is 10.0. The van der Waals surface area contributed by atoms with E-state index in [0.717, 1.165) is 5.17 Å². The van der Waals surface area contributed by atoms with Crippen molar-refractivity contribution in [1.82, 2.24) is 15.1 Å². The van der Waals surface area contributed by atoms with Crippen LogP contribution in [-0.2, 0) is 23.7 Å². The number of hydrogen-bond donors (Lipinski definition) is 1. The highest BCUT2D eigenvalue weighted by Gasteiger charge is 2.54. The molecule has 3 aliphatic heterocycles. The van der Waals surface area contributed by atoms with Gasteiger partial charge in [0.15, 0.2) is 5.17 Å². The molecule has 5 nitrogen and oxygen atoms in total. The van der Waals surface area contributed by atoms with Crippen LogP contribution in [0.15, 0.2) is 34.6 Å². The van der Waals surface area contributed by atoms with Crippen molar-refractivity contribution in [2.24, 2.45) is 4.99 Å². The quantitative estimate of drug-likeness (QED) is 0.515. The maximum Gasteiger partial charge on any atom is 0.416 e. The van der Waals surface area contributed by atoms with Gasteiger partial charge < -0.3 is 15.1 Å². The lowest BCUT2D eigenvalue weighted by Gasteiger charge is -2.29. The minimum atomic E-state index is -4.94. The molecule has 12 heteroatoms. The Kier molecular flexibility index (Phi) is 5.62. The second kappa shape index (κ2) is 7.89. The molecule has 3 aliphatic rings. The van der Waals surface area contributed by atoms with Crippen LogP contribution in [0.4, 0.5) is 26.3 Å². The van der Waals surface area contributed by atoms with Crippen molar-refractivity contribution in [1.29, 1.82) is 0 Å². The smallest absolute Gasteiger partial charge is 0.369 e. The number of nitrogens with zero attached hydrogens (tertiary/aromatic N) is 3. The molecular weight excluding hydrogens is 458 g/mol. The average Bonchev–Trinajstić information content (AvgIpc) is 3.37. The van der Waals surface area contributed by atoms with Gasteiger partial charge in [-0.05, 0) is 43.4 Å². The molecule has 1 saturated heterocycles. The molecule has 4 rings (SSSR count). The van der Waals surface area contributed by atoms with Gasteiger partial charge in [0.25, 0.3) is 5.91 Å². The van der Waals surface area contributed by atoms with Gasteiger partial charge in [0.05, 0.1) is 28.8 Å². The Morgan fingerprint density at radius 2 is 1.75 bits per heavy atom. The molecule has 1 aromatic carbocycles. The van der Waals surface area contributed by atoms with E-state index in [1.165, 1.54) is 16.7 Å². The number of thioether (sulfide) groups is 1. The summed E-state index contributed by atoms with van der Waals surface area (Å²) in [4.78, 5) is 21.2. The van der Waals surface area contributed by atoms with E-state index in [9.17, 15) is 31.1 Å². The Bertz CT molecular complexity index is 971. The van der Waals surface area contributed by atoms with Crippen LogP contribution in [0, 0.1) is 0 Å². The first kappa shape index (κ1) is 22.8. The number of benzene rings is 1. The number of nitrogens with one attached hydrogen (secondary N) is 1. The standard InChI is InChI=1S/C20H20F6N4OS/c1-10-15-14-16(28-18(32-2)30(10)15)27-4-3-5-29(17(14)31)9-11-6-12(19(21,22)23)8-13(7-11)20(24,25)26/h6-8,10,15,27H,3-5,9H2,1-2H3. The topological polar surface area (TPSA) is 47.7 Å². The van der Waals surface area contributed by atoms with Gasteiger partial charge >= 0.3 is 12.4 Å². The number of amides is 1. The largest absolute Gasteiger partial charge is 0.416 e. The van der Waals surface area contributed by atoms with E-state index < -0.39 is 29.4 Å². The number of hydrogen-bond acceptors (Lipinski definition) is 5. The molecule has 174 valence electrons. The van der Waals surface area contributed by atoms with Crippen molar-refractivity contribution in [2.75, 3.05) is 19.3 Å². The Balaban J connectivity index is 1.69. The third kappa shape index (κ3) is 4.16. The summed E-state index contributed by atoms with van der Waals surface area (Å²) < 4.78 is 79.3. The van der Waals surface area contributed by atoms with E-state index in [2.05, 4.69) is 10.3 Å². The highest BCUT2D eigenvalue weighted by atomic mass is 32.2. The number of carbonyl (C=O) groups is 1. The van der Waals surface area contributed by atoms with Crippen molar-refractivity contribution in [2.45, 2.75) is 44.3 Å². The maximum atomic E-state index is 13.4. The Morgan fingerprint density at radius 3 is 2.31 bits per heavy atom. The number of halogens is 6. The third-order valence-electron chi connectivity index (χ3n) is 5.70. The SMILES string of the molecule is CSC1=NC2=C(C(=O)N(Cc3cc(C(F)(F)F)cc(C(F)(F)F)c3)CCCN2)C2C(C)N12. The minimum absolute atomic E-state index is 0.0334. The zero-order valence-corrected chi connectivity index (χ0v) is 18.0. The fourth-order valence-corrected chi connectivity index (χ4v) is 4.79. The molecule has 2 unspecified atom stereocenters. The van der Waals surface area contributed by atoms with Gasteiger partial charge in [0.2, 0.25) is 0 Å². The number of carbonyl (C=O) groups excluding carboxylic acids is 1. The van der Waals surface area contributed by atoms with Crippen molar-refractivity contribution < 1.29 is 31.1 Å². The molecule has 0 radical (unpaired) electrons. The van der Waals surface area contributed by atoms with E-state index in [4.69, 9.17) is 0 Å². The number of rotatable bonds is 2. The normalized spacial score (nSPS) is 23.8. The molecule has 0 bridgehead atoms. The van der Waals surface area contributed by atoms with Crippen LogP contribution in [0.5, 0.6) is 0 Å². The van der Waals surface area contributed by atoms with Crippen molar-refractivity contribution in [3.8, 4) is 0 Å². The summed E-state index contributed by atoms with van der Waals surface area (Å²) in [6, 6.07) is 1.26. The third-order valence-corrected chi connectivity index (χ3v) is 6.37. The first-order valence-corrected chi connectivity index (χ1v) is 11.1. The highest BCUT2D eigenvalue weighted by molar-refractivity contribution is 8.13. The van der Waals surface area contributed by atoms with Gasteiger partial charge in [-0.1, -0.05) is 11.8 Å². The predicted molar refractivity (Wildman–Crippen MR) is 108 cm³/mol. The summed E-state index contributed by atoms with van der Waals surface area (Å²) in [5.74, 6) is -0.00361. The molecule has 1 amide bonds. The Labute approximate surface area is 184 Å². The summed E-state index contributed by atoms with van der Waals surface area (Å²) in [7, 11) is 0. The van der Waals surface area contributed by atoms with Gasteiger partial charge in [-0.25, -0.2) is 4.99 Å². The highest BCUT2D eigenvalue weighted by Crippen LogP contribution is 2.42. The molecular formula is C20H20F6N4OS. The lowest BCUT2D eigenvalue weighted by molar-refractivity contribution is -0.143. The molecule has 0 spiro atoms. The van der Waals surface area contributed by atoms with Crippen LogP contribution in [0.1, 0.15) is 30.0 Å². The van der Waals surface area contributed by atoms with E-state index in [0.29, 0.717) is 36.5 Å². The van der Waals surface area contributed by atoms with Crippen LogP contribution in [-0.4, -0.2) is 52.3 Å². The number of amidine groups is 1. The van der Waals surface area contributed by atoms with Gasteiger partial charge in [-0.15, -0.1) is 0 Å². The fourth-order valence-electron chi connectivity index (χ4n) is 4.12. The van der Waals surface area contributed by atoms with E-state index in [-0.39, 0.29) is 36.8 Å². The molecule has 2 atom stereocenters. The van der Waals surface area contributed by atoms with Crippen LogP contribution in [0.2, 0.25) is 0 Å². The van der Waals surface area contributed by atoms with E-state index in [1.54, 1.807) is 0 Å². The summed E-state index contributed by atoms with van der Waals surface area (Å²) in [5.41, 5.74) is -2.60. The average molecular weight is 478 g/mol. The van der Waals surface area contributed by atoms with Gasteiger partial charge in [-0.3, -0.25) is 4.79 Å². The zero-order chi connectivity index (χ0) is 23.4. The van der Waals surface area contributed by atoms with Crippen molar-refractivity contribution in [3.05, 3.63) is 46.3 Å². The second-order valence-electron chi connectivity index (χ2n) is 7.87. The van der Waals surface area contributed by atoms with Gasteiger partial charge in [-0.2, -0.15) is 26.3 Å². The molecule has 0 aromatic heterocycles. The van der Waals surface area contributed by atoms with Gasteiger partial charge in [0.1, 0.15) is 5.82 Å². The van der Waals surface area contributed by atoms with Gasteiger partial charge in [0, 0.05) is 19.6 Å². The number of fused-ring (bicyclic) bond motifs is 2. The zero-order valence-electron chi connectivity index (χ0n) is 17.1. The van der Waals surface area contributed by atoms with Crippen molar-refractivity contribution in [3.63, 3.8) is 0 Å². The molecule has 1 N–H and O–H groups in total. The molecule has 3 heterocycles. The van der Waals surface area contributed by atoms with Crippen LogP contribution in [0.3, 0.4) is 0 Å². The minimum Gasteiger partial charge on any atom is -0.369 e. The van der Waals surface area contributed by atoms with Crippen LogP contribution >= 0.6 is 11.8 Å². The van der Waals surface area contributed by atoms with E-state index >= 15 is 0 Å². The molecule has 0 aliphatic carbocycles. The summed E-state index contributed by atoms with van der Waals surface area (Å²) >= 11 is 1.44. The molecule has 1 fully saturated rings. The fraction of sp³-hybridized carbons (Fsp3) is 0.500. The lowest BCUT2D eigenvalue weighted by Crippen LogP contribution is -2.41.